The van der Waals surface area contributed by atoms with Gasteiger partial charge in [0.05, 0.1) is 11.4 Å². The number of rotatable bonds is 5. The van der Waals surface area contributed by atoms with Crippen molar-refractivity contribution in [1.29, 1.82) is 0 Å². The lowest BCUT2D eigenvalue weighted by molar-refractivity contribution is 0.668. The summed E-state index contributed by atoms with van der Waals surface area (Å²) in [7, 11) is 0. The Hall–Kier alpha value is -6.85. The molecule has 5 nitrogen and oxygen atoms in total. The van der Waals surface area contributed by atoms with Gasteiger partial charge in [-0.25, -0.2) is 9.97 Å². The predicted molar refractivity (Wildman–Crippen MR) is 213 cm³/mol. The van der Waals surface area contributed by atoms with Crippen LogP contribution < -0.4 is 0 Å². The van der Waals surface area contributed by atoms with Crippen molar-refractivity contribution in [1.82, 2.24) is 15.0 Å². The Balaban J connectivity index is 0.00000177. The van der Waals surface area contributed by atoms with Gasteiger partial charge >= 0.3 is 0 Å². The third-order valence-electron chi connectivity index (χ3n) is 9.43. The summed E-state index contributed by atoms with van der Waals surface area (Å²) in [5, 5.41) is 4.39. The smallest absolute Gasteiger partial charge is 0.161 e. The summed E-state index contributed by atoms with van der Waals surface area (Å²) in [4.78, 5) is 14.8. The molecule has 0 spiro atoms. The number of nitrogens with zero attached hydrogens (tertiary/aromatic N) is 3. The van der Waals surface area contributed by atoms with Crippen molar-refractivity contribution >= 4 is 43.9 Å². The lowest BCUT2D eigenvalue weighted by Crippen LogP contribution is -1.97. The van der Waals surface area contributed by atoms with Gasteiger partial charge < -0.3 is 8.83 Å². The van der Waals surface area contributed by atoms with Crippen molar-refractivity contribution < 1.29 is 8.83 Å². The maximum absolute atomic E-state index is 6.18. The molecule has 0 N–H and O–H groups in total. The molecule has 6 aromatic carbocycles. The van der Waals surface area contributed by atoms with Gasteiger partial charge in [-0.05, 0) is 71.3 Å². The Morgan fingerprint density at radius 3 is 1.71 bits per heavy atom. The van der Waals surface area contributed by atoms with Gasteiger partial charge in [0.1, 0.15) is 22.3 Å². The summed E-state index contributed by atoms with van der Waals surface area (Å²) in [6, 6.07) is 51.9. The van der Waals surface area contributed by atoms with Crippen LogP contribution in [-0.2, 0) is 0 Å². The number of pyridine rings is 1. The van der Waals surface area contributed by atoms with Gasteiger partial charge in [-0.1, -0.05) is 111 Å². The van der Waals surface area contributed by atoms with Gasteiger partial charge in [0.2, 0.25) is 0 Å². The molecule has 248 valence electrons. The SMILES string of the molecule is CC.c1cncc(-c2ccccc2-c2nc(-c3ccc(-c4ccc5c(c4)oc4ccccc45)cc3)cc(-c3ccc4oc5ccccc5c4c3)n2)c1. The molecule has 0 amide bonds. The minimum Gasteiger partial charge on any atom is -0.456 e. The average molecular weight is 672 g/mol. The Labute approximate surface area is 300 Å². The molecular weight excluding hydrogens is 639 g/mol. The zero-order valence-electron chi connectivity index (χ0n) is 28.7. The standard InChI is InChI=1S/C45H27N3O2.C2H6/c1-2-12-37(33(9-1)32-8-7-23-46-27-32)45-47-39(26-40(48-45)31-20-22-43-38(24-31)35-11-4-6-14-42(35)49-43)29-17-15-28(16-18-29)30-19-21-36-34-10-3-5-13-41(34)50-44(36)25-30;1-2/h1-27H;1-2H3. The van der Waals surface area contributed by atoms with Crippen LogP contribution in [0.2, 0.25) is 0 Å². The lowest BCUT2D eigenvalue weighted by Gasteiger charge is -2.13. The number of hydrogen-bond acceptors (Lipinski definition) is 5. The zero-order chi connectivity index (χ0) is 35.0. The third kappa shape index (κ3) is 5.49. The highest BCUT2D eigenvalue weighted by molar-refractivity contribution is 6.07. The monoisotopic (exact) mass is 671 g/mol. The first-order valence-corrected chi connectivity index (χ1v) is 17.6. The van der Waals surface area contributed by atoms with Crippen LogP contribution >= 0.6 is 0 Å². The quantitative estimate of drug-likeness (QED) is 0.182. The number of hydrogen-bond donors (Lipinski definition) is 0. The Morgan fingerprint density at radius 1 is 0.385 bits per heavy atom. The summed E-state index contributed by atoms with van der Waals surface area (Å²) in [5.41, 5.74) is 12.3. The topological polar surface area (TPSA) is 65.0 Å². The molecule has 0 saturated heterocycles. The molecule has 4 aromatic heterocycles. The van der Waals surface area contributed by atoms with Crippen LogP contribution in [0.3, 0.4) is 0 Å². The highest BCUT2D eigenvalue weighted by Gasteiger charge is 2.16. The molecule has 52 heavy (non-hydrogen) atoms. The van der Waals surface area contributed by atoms with E-state index in [1.54, 1.807) is 6.20 Å². The second-order valence-electron chi connectivity index (χ2n) is 12.4. The highest BCUT2D eigenvalue weighted by Crippen LogP contribution is 2.37. The van der Waals surface area contributed by atoms with E-state index in [0.717, 1.165) is 94.2 Å². The van der Waals surface area contributed by atoms with Crippen LogP contribution in [-0.4, -0.2) is 15.0 Å². The normalized spacial score (nSPS) is 11.3. The van der Waals surface area contributed by atoms with Gasteiger partial charge in [0.15, 0.2) is 5.82 Å². The maximum atomic E-state index is 6.18. The van der Waals surface area contributed by atoms with E-state index in [2.05, 4.69) is 96.0 Å². The van der Waals surface area contributed by atoms with E-state index in [1.165, 1.54) is 0 Å². The number of benzene rings is 6. The summed E-state index contributed by atoms with van der Waals surface area (Å²) < 4.78 is 12.3. The Morgan fingerprint density at radius 2 is 0.962 bits per heavy atom. The molecule has 0 atom stereocenters. The summed E-state index contributed by atoms with van der Waals surface area (Å²) in [6.07, 6.45) is 3.67. The van der Waals surface area contributed by atoms with Crippen molar-refractivity contribution in [3.8, 4) is 56.2 Å². The van der Waals surface area contributed by atoms with Gasteiger partial charge in [0, 0.05) is 56.2 Å². The fourth-order valence-electron chi connectivity index (χ4n) is 6.94. The van der Waals surface area contributed by atoms with Crippen molar-refractivity contribution in [2.75, 3.05) is 0 Å². The van der Waals surface area contributed by atoms with Crippen LogP contribution in [0.4, 0.5) is 0 Å². The molecule has 0 unspecified atom stereocenters. The van der Waals surface area contributed by atoms with Crippen LogP contribution in [0, 0.1) is 0 Å². The Bertz CT molecular complexity index is 2870. The molecule has 5 heteroatoms. The third-order valence-corrected chi connectivity index (χ3v) is 9.43. The second-order valence-corrected chi connectivity index (χ2v) is 12.4. The minimum atomic E-state index is 0.647. The largest absolute Gasteiger partial charge is 0.456 e. The fourth-order valence-corrected chi connectivity index (χ4v) is 6.94. The number of para-hydroxylation sites is 2. The first kappa shape index (κ1) is 31.2. The first-order chi connectivity index (χ1) is 25.7. The molecule has 4 heterocycles. The van der Waals surface area contributed by atoms with E-state index < -0.39 is 0 Å². The maximum Gasteiger partial charge on any atom is 0.161 e. The zero-order valence-corrected chi connectivity index (χ0v) is 28.7. The molecular formula is C47H33N3O2. The van der Waals surface area contributed by atoms with Crippen LogP contribution in [0.15, 0.2) is 173 Å². The van der Waals surface area contributed by atoms with Crippen LogP contribution in [0.5, 0.6) is 0 Å². The van der Waals surface area contributed by atoms with E-state index in [1.807, 2.05) is 80.7 Å². The van der Waals surface area contributed by atoms with E-state index in [0.29, 0.717) is 5.82 Å². The molecule has 0 fully saturated rings. The van der Waals surface area contributed by atoms with Gasteiger partial charge in [-0.3, -0.25) is 4.98 Å². The second kappa shape index (κ2) is 13.1. The fraction of sp³-hybridized carbons (Fsp3) is 0.0426. The summed E-state index contributed by atoms with van der Waals surface area (Å²) in [5.74, 6) is 0.647. The molecule has 10 aromatic rings. The highest BCUT2D eigenvalue weighted by atomic mass is 16.3. The number of aromatic nitrogens is 3. The van der Waals surface area contributed by atoms with Gasteiger partial charge in [-0.15, -0.1) is 0 Å². The van der Waals surface area contributed by atoms with Gasteiger partial charge in [-0.2, -0.15) is 0 Å². The predicted octanol–water partition coefficient (Wildman–Crippen LogP) is 13.0. The average Bonchev–Trinajstić information content (AvgIpc) is 3.79. The minimum absolute atomic E-state index is 0.647. The summed E-state index contributed by atoms with van der Waals surface area (Å²) >= 11 is 0. The van der Waals surface area contributed by atoms with E-state index >= 15 is 0 Å². The molecule has 0 aliphatic carbocycles. The molecule has 0 radical (unpaired) electrons. The van der Waals surface area contributed by atoms with Crippen LogP contribution in [0.1, 0.15) is 13.8 Å². The summed E-state index contributed by atoms with van der Waals surface area (Å²) in [6.45, 7) is 4.00. The molecule has 0 saturated carbocycles. The van der Waals surface area contributed by atoms with E-state index in [9.17, 15) is 0 Å². The lowest BCUT2D eigenvalue weighted by atomic mass is 9.98. The van der Waals surface area contributed by atoms with Crippen LogP contribution in [0.25, 0.3) is 100 Å². The Kier molecular flexibility index (Phi) is 7.86. The molecule has 0 bridgehead atoms. The van der Waals surface area contributed by atoms with Crippen molar-refractivity contribution in [2.45, 2.75) is 13.8 Å². The van der Waals surface area contributed by atoms with Crippen molar-refractivity contribution in [3.63, 3.8) is 0 Å². The molecule has 10 rings (SSSR count). The van der Waals surface area contributed by atoms with Crippen molar-refractivity contribution in [2.24, 2.45) is 0 Å². The molecule has 0 aliphatic heterocycles. The molecule has 0 aliphatic rings. The van der Waals surface area contributed by atoms with E-state index in [-0.39, 0.29) is 0 Å². The number of furan rings is 2. The van der Waals surface area contributed by atoms with Crippen molar-refractivity contribution in [3.05, 3.63) is 164 Å². The van der Waals surface area contributed by atoms with E-state index in [4.69, 9.17) is 18.8 Å². The number of fused-ring (bicyclic) bond motifs is 6. The van der Waals surface area contributed by atoms with Gasteiger partial charge in [0.25, 0.3) is 0 Å². The first-order valence-electron chi connectivity index (χ1n) is 17.6.